The van der Waals surface area contributed by atoms with Crippen molar-refractivity contribution in [1.82, 2.24) is 10.5 Å². The Labute approximate surface area is 88.4 Å². The average Bonchev–Trinajstić information content (AvgIpc) is 2.71. The minimum Gasteiger partial charge on any atom is -0.359 e. The van der Waals surface area contributed by atoms with Gasteiger partial charge in [0.25, 0.3) is 0 Å². The van der Waals surface area contributed by atoms with Crippen LogP contribution in [0.5, 0.6) is 0 Å². The van der Waals surface area contributed by atoms with Crippen LogP contribution >= 0.6 is 12.4 Å². The minimum atomic E-state index is -0.253. The van der Waals surface area contributed by atoms with Gasteiger partial charge < -0.3 is 9.84 Å². The van der Waals surface area contributed by atoms with Crippen molar-refractivity contribution < 1.29 is 8.91 Å². The molecule has 2 rings (SSSR count). The van der Waals surface area contributed by atoms with Crippen LogP contribution in [0.1, 0.15) is 23.9 Å². The fourth-order valence-corrected chi connectivity index (χ4v) is 1.69. The lowest BCUT2D eigenvalue weighted by Crippen LogP contribution is -2.13. The van der Waals surface area contributed by atoms with E-state index >= 15 is 0 Å². The molecule has 0 unspecified atom stereocenters. The molecule has 1 aliphatic heterocycles. The number of nitrogens with zero attached hydrogens (tertiary/aromatic N) is 1. The first-order valence-corrected chi connectivity index (χ1v) is 4.52. The Morgan fingerprint density at radius 3 is 3.00 bits per heavy atom. The average molecular weight is 221 g/mol. The van der Waals surface area contributed by atoms with E-state index in [1.165, 1.54) is 0 Å². The van der Waals surface area contributed by atoms with Crippen molar-refractivity contribution in [1.29, 1.82) is 0 Å². The summed E-state index contributed by atoms with van der Waals surface area (Å²) in [5.74, 6) is 0.962. The zero-order chi connectivity index (χ0) is 9.26. The molecule has 1 fully saturated rings. The highest BCUT2D eigenvalue weighted by molar-refractivity contribution is 5.85. The summed E-state index contributed by atoms with van der Waals surface area (Å²) in [5, 5.41) is 7.02. The highest BCUT2D eigenvalue weighted by Gasteiger charge is 2.27. The Bertz CT molecular complexity index is 292. The van der Waals surface area contributed by atoms with Gasteiger partial charge in [0.1, 0.15) is 0 Å². The second kappa shape index (κ2) is 4.75. The Kier molecular flexibility index (Phi) is 3.89. The van der Waals surface area contributed by atoms with Gasteiger partial charge in [-0.2, -0.15) is 0 Å². The molecule has 2 atom stereocenters. The summed E-state index contributed by atoms with van der Waals surface area (Å²) in [6.45, 7) is 2.37. The predicted octanol–water partition coefficient (Wildman–Crippen LogP) is 2.02. The number of alkyl halides is 1. The number of nitrogens with one attached hydrogen (secondary N) is 1. The first-order chi connectivity index (χ1) is 6.29. The minimum absolute atomic E-state index is 0. The van der Waals surface area contributed by atoms with Crippen LogP contribution in [0.15, 0.2) is 10.6 Å². The molecule has 1 aliphatic rings. The third-order valence-electron chi connectivity index (χ3n) is 2.43. The molecule has 0 spiro atoms. The molecule has 0 saturated carbocycles. The van der Waals surface area contributed by atoms with Crippen molar-refractivity contribution in [3.05, 3.63) is 17.5 Å². The fourth-order valence-electron chi connectivity index (χ4n) is 1.69. The standard InChI is InChI=1S/C9H13FN2O.ClH/c1-6-2-9(13-12-6)8-3-7(4-10)5-11-8;/h2,7-8,11H,3-5H2,1H3;1H/t7-,8+;/m0./s1. The zero-order valence-electron chi connectivity index (χ0n) is 8.00. The van der Waals surface area contributed by atoms with E-state index in [9.17, 15) is 4.39 Å². The van der Waals surface area contributed by atoms with Crippen LogP contribution in [0.3, 0.4) is 0 Å². The van der Waals surface area contributed by atoms with E-state index in [4.69, 9.17) is 4.52 Å². The number of hydrogen-bond donors (Lipinski definition) is 1. The van der Waals surface area contributed by atoms with Crippen LogP contribution < -0.4 is 5.32 Å². The Hall–Kier alpha value is -0.610. The maximum absolute atomic E-state index is 12.3. The largest absolute Gasteiger partial charge is 0.359 e. The van der Waals surface area contributed by atoms with E-state index in [0.29, 0.717) is 0 Å². The van der Waals surface area contributed by atoms with Crippen molar-refractivity contribution in [3.8, 4) is 0 Å². The van der Waals surface area contributed by atoms with Crippen LogP contribution in [0.4, 0.5) is 4.39 Å². The molecule has 0 aromatic carbocycles. The monoisotopic (exact) mass is 220 g/mol. The molecule has 1 aromatic heterocycles. The van der Waals surface area contributed by atoms with Gasteiger partial charge in [0.15, 0.2) is 5.76 Å². The van der Waals surface area contributed by atoms with Gasteiger partial charge in [-0.3, -0.25) is 4.39 Å². The maximum atomic E-state index is 12.3. The van der Waals surface area contributed by atoms with E-state index in [2.05, 4.69) is 10.5 Å². The number of rotatable bonds is 2. The highest BCUT2D eigenvalue weighted by Crippen LogP contribution is 2.27. The van der Waals surface area contributed by atoms with Crippen LogP contribution in [-0.2, 0) is 0 Å². The first kappa shape index (κ1) is 11.5. The molecule has 80 valence electrons. The Morgan fingerprint density at radius 1 is 1.71 bits per heavy atom. The third kappa shape index (κ3) is 2.25. The molecule has 1 saturated heterocycles. The molecule has 0 bridgehead atoms. The summed E-state index contributed by atoms with van der Waals surface area (Å²) < 4.78 is 17.4. The summed E-state index contributed by atoms with van der Waals surface area (Å²) >= 11 is 0. The predicted molar refractivity (Wildman–Crippen MR) is 53.3 cm³/mol. The fraction of sp³-hybridized carbons (Fsp3) is 0.667. The molecule has 0 aliphatic carbocycles. The van der Waals surface area contributed by atoms with Gasteiger partial charge in [0.2, 0.25) is 0 Å². The Morgan fingerprint density at radius 2 is 2.50 bits per heavy atom. The number of aryl methyl sites for hydroxylation is 1. The second-order valence-corrected chi connectivity index (χ2v) is 3.59. The van der Waals surface area contributed by atoms with E-state index in [1.54, 1.807) is 0 Å². The topological polar surface area (TPSA) is 38.1 Å². The van der Waals surface area contributed by atoms with E-state index in [0.717, 1.165) is 24.4 Å². The summed E-state index contributed by atoms with van der Waals surface area (Å²) in [6.07, 6.45) is 0.811. The van der Waals surface area contributed by atoms with E-state index in [1.807, 2.05) is 13.0 Å². The maximum Gasteiger partial charge on any atom is 0.153 e. The van der Waals surface area contributed by atoms with Gasteiger partial charge in [-0.05, 0) is 13.3 Å². The quantitative estimate of drug-likeness (QED) is 0.829. The molecule has 0 radical (unpaired) electrons. The van der Waals surface area contributed by atoms with E-state index < -0.39 is 0 Å². The Balaban J connectivity index is 0.000000980. The smallest absolute Gasteiger partial charge is 0.153 e. The number of aromatic nitrogens is 1. The highest BCUT2D eigenvalue weighted by atomic mass is 35.5. The SMILES string of the molecule is Cc1cc([C@H]2C[C@@H](CF)CN2)on1.Cl. The van der Waals surface area contributed by atoms with Crippen molar-refractivity contribution >= 4 is 12.4 Å². The van der Waals surface area contributed by atoms with Gasteiger partial charge in [-0.15, -0.1) is 12.4 Å². The van der Waals surface area contributed by atoms with Crippen molar-refractivity contribution in [3.63, 3.8) is 0 Å². The summed E-state index contributed by atoms with van der Waals surface area (Å²) in [4.78, 5) is 0. The molecule has 5 heteroatoms. The van der Waals surface area contributed by atoms with Gasteiger partial charge in [0, 0.05) is 18.5 Å². The molecule has 14 heavy (non-hydrogen) atoms. The van der Waals surface area contributed by atoms with Gasteiger partial charge >= 0.3 is 0 Å². The van der Waals surface area contributed by atoms with Crippen LogP contribution in [0, 0.1) is 12.8 Å². The van der Waals surface area contributed by atoms with Crippen LogP contribution in [0.25, 0.3) is 0 Å². The lowest BCUT2D eigenvalue weighted by molar-refractivity contribution is 0.337. The van der Waals surface area contributed by atoms with Gasteiger partial charge in [-0.1, -0.05) is 5.16 Å². The molecular formula is C9H14ClFN2O. The number of hydrogen-bond acceptors (Lipinski definition) is 3. The number of halogens is 2. The molecule has 1 aromatic rings. The van der Waals surface area contributed by atoms with Crippen molar-refractivity contribution in [2.45, 2.75) is 19.4 Å². The lowest BCUT2D eigenvalue weighted by atomic mass is 10.1. The van der Waals surface area contributed by atoms with Crippen molar-refractivity contribution in [2.75, 3.05) is 13.2 Å². The normalized spacial score (nSPS) is 26.1. The van der Waals surface area contributed by atoms with Crippen LogP contribution in [0.2, 0.25) is 0 Å². The van der Waals surface area contributed by atoms with E-state index in [-0.39, 0.29) is 31.0 Å². The first-order valence-electron chi connectivity index (χ1n) is 4.52. The third-order valence-corrected chi connectivity index (χ3v) is 2.43. The molecule has 0 amide bonds. The van der Waals surface area contributed by atoms with Crippen LogP contribution in [-0.4, -0.2) is 18.4 Å². The lowest BCUT2D eigenvalue weighted by Gasteiger charge is -2.03. The summed E-state index contributed by atoms with van der Waals surface area (Å²) in [5.41, 5.74) is 0.875. The molecule has 2 heterocycles. The van der Waals surface area contributed by atoms with Gasteiger partial charge in [0.05, 0.1) is 18.4 Å². The second-order valence-electron chi connectivity index (χ2n) is 3.59. The summed E-state index contributed by atoms with van der Waals surface area (Å²) in [6, 6.07) is 2.06. The summed E-state index contributed by atoms with van der Waals surface area (Å²) in [7, 11) is 0. The molecule has 1 N–H and O–H groups in total. The molecular weight excluding hydrogens is 207 g/mol. The van der Waals surface area contributed by atoms with Crippen molar-refractivity contribution in [2.24, 2.45) is 5.92 Å². The molecule has 3 nitrogen and oxygen atoms in total. The van der Waals surface area contributed by atoms with Gasteiger partial charge in [-0.25, -0.2) is 0 Å². The zero-order valence-corrected chi connectivity index (χ0v) is 8.81.